The summed E-state index contributed by atoms with van der Waals surface area (Å²) in [5.74, 6) is -0.0358. The minimum atomic E-state index is -0.615. The third kappa shape index (κ3) is 8.58. The van der Waals surface area contributed by atoms with E-state index in [9.17, 15) is 9.59 Å². The first-order valence-electron chi connectivity index (χ1n) is 6.03. The smallest absolute Gasteiger partial charge is 0.333 e. The van der Waals surface area contributed by atoms with Gasteiger partial charge in [0.2, 0.25) is 0 Å². The molecular weight excluding hydrogens is 234 g/mol. The van der Waals surface area contributed by atoms with Crippen molar-refractivity contribution in [1.82, 2.24) is 16.2 Å². The monoisotopic (exact) mass is 257 g/mol. The summed E-state index contributed by atoms with van der Waals surface area (Å²) in [6.07, 6.45) is 1.78. The van der Waals surface area contributed by atoms with E-state index in [1.165, 1.54) is 0 Å². The maximum Gasteiger partial charge on any atom is 0.333 e. The van der Waals surface area contributed by atoms with Gasteiger partial charge in [-0.25, -0.2) is 10.2 Å². The molecule has 104 valence electrons. The Hall–Kier alpha value is -1.56. The Morgan fingerprint density at radius 2 is 1.94 bits per heavy atom. The zero-order valence-corrected chi connectivity index (χ0v) is 11.3. The van der Waals surface area contributed by atoms with Crippen molar-refractivity contribution in [3.05, 3.63) is 12.7 Å². The fourth-order valence-corrected chi connectivity index (χ4v) is 0.965. The second kappa shape index (κ2) is 9.47. The summed E-state index contributed by atoms with van der Waals surface area (Å²) < 4.78 is 5.22. The van der Waals surface area contributed by atoms with Crippen molar-refractivity contribution in [2.24, 2.45) is 5.92 Å². The molecule has 0 aliphatic carbocycles. The Kier molecular flexibility index (Phi) is 8.65. The van der Waals surface area contributed by atoms with Crippen LogP contribution in [0.2, 0.25) is 0 Å². The molecule has 18 heavy (non-hydrogen) atoms. The van der Waals surface area contributed by atoms with Gasteiger partial charge in [0, 0.05) is 6.54 Å². The van der Waals surface area contributed by atoms with Crippen LogP contribution in [0.3, 0.4) is 0 Å². The van der Waals surface area contributed by atoms with Crippen LogP contribution in [0.15, 0.2) is 12.7 Å². The van der Waals surface area contributed by atoms with Crippen LogP contribution in [0.4, 0.5) is 4.79 Å². The largest absolute Gasteiger partial charge is 0.368 e. The highest BCUT2D eigenvalue weighted by molar-refractivity contribution is 5.83. The van der Waals surface area contributed by atoms with E-state index in [-0.39, 0.29) is 0 Å². The van der Waals surface area contributed by atoms with Crippen LogP contribution in [-0.4, -0.2) is 31.2 Å². The Bertz CT molecular complexity index is 280. The van der Waals surface area contributed by atoms with Crippen molar-refractivity contribution in [3.63, 3.8) is 0 Å². The van der Waals surface area contributed by atoms with Crippen LogP contribution < -0.4 is 16.2 Å². The lowest BCUT2D eigenvalue weighted by molar-refractivity contribution is -0.132. The highest BCUT2D eigenvalue weighted by Crippen LogP contribution is 1.92. The predicted molar refractivity (Wildman–Crippen MR) is 69.7 cm³/mol. The average molecular weight is 257 g/mol. The first-order chi connectivity index (χ1) is 8.47. The number of amides is 3. The number of rotatable bonds is 7. The summed E-state index contributed by atoms with van der Waals surface area (Å²) in [5.41, 5.74) is 4.54. The van der Waals surface area contributed by atoms with Crippen molar-refractivity contribution < 1.29 is 14.3 Å². The minimum absolute atomic E-state index is 0.354. The molecule has 1 atom stereocenters. The third-order valence-corrected chi connectivity index (χ3v) is 2.03. The predicted octanol–water partition coefficient (Wildman–Crippen LogP) is 0.954. The lowest BCUT2D eigenvalue weighted by Crippen LogP contribution is -2.50. The van der Waals surface area contributed by atoms with E-state index < -0.39 is 18.0 Å². The topological polar surface area (TPSA) is 79.5 Å². The molecule has 0 aromatic carbocycles. The number of carbonyl (C=O) groups excluding carboxylic acids is 2. The molecule has 0 saturated carbocycles. The molecule has 3 N–H and O–H groups in total. The summed E-state index contributed by atoms with van der Waals surface area (Å²) in [5, 5.41) is 2.61. The Balaban J connectivity index is 3.73. The average Bonchev–Trinajstić information content (AvgIpc) is 2.33. The van der Waals surface area contributed by atoms with E-state index in [1.807, 2.05) is 13.8 Å². The van der Waals surface area contributed by atoms with Gasteiger partial charge in [-0.3, -0.25) is 10.2 Å². The minimum Gasteiger partial charge on any atom is -0.368 e. The van der Waals surface area contributed by atoms with E-state index in [4.69, 9.17) is 4.74 Å². The van der Waals surface area contributed by atoms with Gasteiger partial charge in [-0.05, 0) is 19.3 Å². The van der Waals surface area contributed by atoms with Crippen LogP contribution in [0.25, 0.3) is 0 Å². The molecule has 6 nitrogen and oxygen atoms in total. The highest BCUT2D eigenvalue weighted by atomic mass is 16.5. The summed E-state index contributed by atoms with van der Waals surface area (Å²) in [7, 11) is 0. The van der Waals surface area contributed by atoms with E-state index in [0.29, 0.717) is 25.5 Å². The maximum atomic E-state index is 11.5. The molecule has 0 heterocycles. The summed E-state index contributed by atoms with van der Waals surface area (Å²) >= 11 is 0. The third-order valence-electron chi connectivity index (χ3n) is 2.03. The molecule has 0 aromatic heterocycles. The Morgan fingerprint density at radius 1 is 1.28 bits per heavy atom. The first-order valence-corrected chi connectivity index (χ1v) is 6.03. The standard InChI is InChI=1S/C12H23N3O3/c1-5-6-7-18-10(4)11(16)14-15-12(17)13-8-9(2)3/h5,9-10H,1,6-8H2,2-4H3,(H,14,16)(H2,13,15,17). The number of carbonyl (C=O) groups is 2. The lowest BCUT2D eigenvalue weighted by Gasteiger charge is -2.14. The molecular formula is C12H23N3O3. The molecule has 0 bridgehead atoms. The van der Waals surface area contributed by atoms with Crippen LogP contribution in [-0.2, 0) is 9.53 Å². The number of hydrazine groups is 1. The molecule has 0 aliphatic heterocycles. The van der Waals surface area contributed by atoms with Crippen molar-refractivity contribution in [2.75, 3.05) is 13.2 Å². The summed E-state index contributed by atoms with van der Waals surface area (Å²) in [6.45, 7) is 10.1. The quantitative estimate of drug-likeness (QED) is 0.361. The summed E-state index contributed by atoms with van der Waals surface area (Å²) in [4.78, 5) is 22.7. The molecule has 0 fully saturated rings. The van der Waals surface area contributed by atoms with Crippen molar-refractivity contribution in [1.29, 1.82) is 0 Å². The second-order valence-electron chi connectivity index (χ2n) is 4.31. The zero-order chi connectivity index (χ0) is 14.0. The van der Waals surface area contributed by atoms with Gasteiger partial charge in [0.15, 0.2) is 0 Å². The Labute approximate surface area is 108 Å². The molecule has 0 rings (SSSR count). The zero-order valence-electron chi connectivity index (χ0n) is 11.3. The fraction of sp³-hybridized carbons (Fsp3) is 0.667. The Morgan fingerprint density at radius 3 is 2.50 bits per heavy atom. The summed E-state index contributed by atoms with van der Waals surface area (Å²) in [6, 6.07) is -0.435. The van der Waals surface area contributed by atoms with Gasteiger partial charge in [-0.15, -0.1) is 6.58 Å². The highest BCUT2D eigenvalue weighted by Gasteiger charge is 2.13. The molecule has 1 unspecified atom stereocenters. The van der Waals surface area contributed by atoms with Crippen LogP contribution in [0, 0.1) is 5.92 Å². The SMILES string of the molecule is C=CCCOC(C)C(=O)NNC(=O)NCC(C)C. The van der Waals surface area contributed by atoms with Crippen LogP contribution >= 0.6 is 0 Å². The molecule has 0 aromatic rings. The number of ether oxygens (including phenoxy) is 1. The number of nitrogens with one attached hydrogen (secondary N) is 3. The molecule has 0 aliphatic rings. The molecule has 3 amide bonds. The number of hydrogen-bond donors (Lipinski definition) is 3. The van der Waals surface area contributed by atoms with E-state index in [1.54, 1.807) is 13.0 Å². The van der Waals surface area contributed by atoms with Gasteiger partial charge in [0.05, 0.1) is 6.61 Å². The van der Waals surface area contributed by atoms with Gasteiger partial charge in [-0.2, -0.15) is 0 Å². The van der Waals surface area contributed by atoms with Gasteiger partial charge >= 0.3 is 6.03 Å². The molecule has 0 saturated heterocycles. The van der Waals surface area contributed by atoms with Gasteiger partial charge in [0.1, 0.15) is 6.10 Å². The van der Waals surface area contributed by atoms with Crippen molar-refractivity contribution >= 4 is 11.9 Å². The second-order valence-corrected chi connectivity index (χ2v) is 4.31. The van der Waals surface area contributed by atoms with Gasteiger partial charge in [-0.1, -0.05) is 19.9 Å². The van der Waals surface area contributed by atoms with E-state index >= 15 is 0 Å². The van der Waals surface area contributed by atoms with Crippen molar-refractivity contribution in [3.8, 4) is 0 Å². The number of hydrogen-bond acceptors (Lipinski definition) is 3. The van der Waals surface area contributed by atoms with Gasteiger partial charge in [0.25, 0.3) is 5.91 Å². The van der Waals surface area contributed by atoms with E-state index in [2.05, 4.69) is 22.7 Å². The van der Waals surface area contributed by atoms with Gasteiger partial charge < -0.3 is 10.1 Å². The van der Waals surface area contributed by atoms with Crippen LogP contribution in [0.1, 0.15) is 27.2 Å². The molecule has 0 radical (unpaired) electrons. The number of urea groups is 1. The normalized spacial score (nSPS) is 11.8. The van der Waals surface area contributed by atoms with Crippen LogP contribution in [0.5, 0.6) is 0 Å². The van der Waals surface area contributed by atoms with E-state index in [0.717, 1.165) is 0 Å². The lowest BCUT2D eigenvalue weighted by atomic mass is 10.2. The van der Waals surface area contributed by atoms with Crippen molar-refractivity contribution in [2.45, 2.75) is 33.3 Å². The molecule has 6 heteroatoms. The first kappa shape index (κ1) is 16.4. The fourth-order valence-electron chi connectivity index (χ4n) is 0.965. The maximum absolute atomic E-state index is 11.5. The molecule has 0 spiro atoms.